The Bertz CT molecular complexity index is 244. The average molecular weight is 177 g/mol. The topological polar surface area (TPSA) is 21.3 Å². The minimum atomic E-state index is 0.600. The van der Waals surface area contributed by atoms with Gasteiger partial charge in [0, 0.05) is 6.54 Å². The van der Waals surface area contributed by atoms with Crippen LogP contribution in [0.3, 0.4) is 0 Å². The fraction of sp³-hybridized carbons (Fsp3) is 0.273. The van der Waals surface area contributed by atoms with Crippen LogP contribution in [0, 0.1) is 0 Å². The van der Waals surface area contributed by atoms with Gasteiger partial charge in [-0.3, -0.25) is 4.84 Å². The maximum Gasteiger partial charge on any atom is 0.0866 e. The molecule has 0 aliphatic heterocycles. The lowest BCUT2D eigenvalue weighted by Gasteiger charge is -1.97. The van der Waals surface area contributed by atoms with Crippen molar-refractivity contribution in [2.24, 2.45) is 0 Å². The Morgan fingerprint density at radius 1 is 1.31 bits per heavy atom. The first kappa shape index (κ1) is 9.96. The lowest BCUT2D eigenvalue weighted by atomic mass is 10.2. The summed E-state index contributed by atoms with van der Waals surface area (Å²) in [5.74, 6) is 0. The van der Waals surface area contributed by atoms with Crippen LogP contribution >= 0.6 is 0 Å². The van der Waals surface area contributed by atoms with E-state index in [1.165, 1.54) is 5.56 Å². The van der Waals surface area contributed by atoms with Gasteiger partial charge in [-0.1, -0.05) is 49.4 Å². The van der Waals surface area contributed by atoms with E-state index in [4.69, 9.17) is 4.84 Å². The second-order valence-corrected chi connectivity index (χ2v) is 2.62. The van der Waals surface area contributed by atoms with Crippen LogP contribution in [0.5, 0.6) is 0 Å². The summed E-state index contributed by atoms with van der Waals surface area (Å²) in [5, 5.41) is 0. The fourth-order valence-corrected chi connectivity index (χ4v) is 0.957. The van der Waals surface area contributed by atoms with Crippen molar-refractivity contribution in [1.29, 1.82) is 0 Å². The first-order valence-electron chi connectivity index (χ1n) is 4.49. The molecule has 0 atom stereocenters. The predicted octanol–water partition coefficient (Wildman–Crippen LogP) is 2.24. The van der Waals surface area contributed by atoms with Crippen LogP contribution in [-0.4, -0.2) is 13.2 Å². The predicted molar refractivity (Wildman–Crippen MR) is 55.1 cm³/mol. The van der Waals surface area contributed by atoms with E-state index in [9.17, 15) is 0 Å². The molecule has 0 spiro atoms. The van der Waals surface area contributed by atoms with Gasteiger partial charge in [0.2, 0.25) is 0 Å². The summed E-state index contributed by atoms with van der Waals surface area (Å²) in [4.78, 5) is 5.07. The molecule has 0 radical (unpaired) electrons. The maximum absolute atomic E-state index is 5.07. The zero-order valence-corrected chi connectivity index (χ0v) is 7.86. The number of hydrogen-bond donors (Lipinski definition) is 1. The summed E-state index contributed by atoms with van der Waals surface area (Å²) in [6.45, 7) is 3.43. The normalized spacial score (nSPS) is 10.8. The maximum atomic E-state index is 5.07. The van der Waals surface area contributed by atoms with Crippen molar-refractivity contribution in [3.8, 4) is 0 Å². The van der Waals surface area contributed by atoms with Crippen molar-refractivity contribution >= 4 is 6.08 Å². The molecule has 0 heterocycles. The number of nitrogens with one attached hydrogen (secondary N) is 1. The van der Waals surface area contributed by atoms with Gasteiger partial charge in [0.1, 0.15) is 0 Å². The van der Waals surface area contributed by atoms with Crippen LogP contribution in [0.15, 0.2) is 36.4 Å². The van der Waals surface area contributed by atoms with Crippen molar-refractivity contribution in [2.75, 3.05) is 13.2 Å². The van der Waals surface area contributed by atoms with Gasteiger partial charge in [-0.15, -0.1) is 0 Å². The van der Waals surface area contributed by atoms with E-state index in [1.54, 1.807) is 0 Å². The molecule has 2 nitrogen and oxygen atoms in total. The van der Waals surface area contributed by atoms with Crippen LogP contribution in [-0.2, 0) is 4.84 Å². The van der Waals surface area contributed by atoms with Crippen molar-refractivity contribution < 1.29 is 4.84 Å². The van der Waals surface area contributed by atoms with Gasteiger partial charge in [-0.05, 0) is 5.56 Å². The molecule has 13 heavy (non-hydrogen) atoms. The number of hydrogen-bond acceptors (Lipinski definition) is 2. The highest BCUT2D eigenvalue weighted by Gasteiger charge is 1.82. The molecule has 0 aromatic heterocycles. The monoisotopic (exact) mass is 177 g/mol. The summed E-state index contributed by atoms with van der Waals surface area (Å²) >= 11 is 0. The molecule has 0 bridgehead atoms. The molecule has 1 rings (SSSR count). The second kappa shape index (κ2) is 6.40. The summed E-state index contributed by atoms with van der Waals surface area (Å²) in [6.07, 6.45) is 4.02. The average Bonchev–Trinajstić information content (AvgIpc) is 2.19. The van der Waals surface area contributed by atoms with Crippen LogP contribution in [0.4, 0.5) is 0 Å². The Morgan fingerprint density at radius 3 is 2.77 bits per heavy atom. The quantitative estimate of drug-likeness (QED) is 0.550. The Morgan fingerprint density at radius 2 is 2.08 bits per heavy atom. The van der Waals surface area contributed by atoms with E-state index in [1.807, 2.05) is 37.3 Å². The van der Waals surface area contributed by atoms with E-state index >= 15 is 0 Å². The molecule has 0 fully saturated rings. The van der Waals surface area contributed by atoms with Crippen molar-refractivity contribution in [2.45, 2.75) is 6.92 Å². The van der Waals surface area contributed by atoms with Gasteiger partial charge < -0.3 is 0 Å². The molecule has 0 unspecified atom stereocenters. The molecule has 2 heteroatoms. The second-order valence-electron chi connectivity index (χ2n) is 2.62. The molecule has 0 aliphatic rings. The highest BCUT2D eigenvalue weighted by Crippen LogP contribution is 2.00. The third-order valence-corrected chi connectivity index (χ3v) is 1.54. The first-order valence-corrected chi connectivity index (χ1v) is 4.49. The van der Waals surface area contributed by atoms with Crippen LogP contribution in [0.25, 0.3) is 6.08 Å². The molecule has 1 aromatic rings. The van der Waals surface area contributed by atoms with E-state index in [0.717, 1.165) is 6.54 Å². The van der Waals surface area contributed by atoms with E-state index in [0.29, 0.717) is 6.61 Å². The van der Waals surface area contributed by atoms with Crippen LogP contribution in [0.2, 0.25) is 0 Å². The summed E-state index contributed by atoms with van der Waals surface area (Å²) in [7, 11) is 0. The Hall–Kier alpha value is -1.12. The number of benzene rings is 1. The van der Waals surface area contributed by atoms with Crippen LogP contribution < -0.4 is 5.48 Å². The van der Waals surface area contributed by atoms with Crippen molar-refractivity contribution in [1.82, 2.24) is 5.48 Å². The molecule has 0 amide bonds. The van der Waals surface area contributed by atoms with Gasteiger partial charge in [0.15, 0.2) is 0 Å². The molecule has 1 N–H and O–H groups in total. The highest BCUT2D eigenvalue weighted by molar-refractivity contribution is 5.48. The standard InChI is InChI=1S/C11H15NO/c1-2-12-13-10-6-9-11-7-4-3-5-8-11/h3-9,12H,2,10H2,1H3/b9-6+. The van der Waals surface area contributed by atoms with Crippen molar-refractivity contribution in [3.63, 3.8) is 0 Å². The van der Waals surface area contributed by atoms with Gasteiger partial charge in [0.25, 0.3) is 0 Å². The molecular formula is C11H15NO. The Balaban J connectivity index is 2.25. The molecule has 0 saturated carbocycles. The number of hydroxylamine groups is 1. The van der Waals surface area contributed by atoms with Gasteiger partial charge in [0.05, 0.1) is 6.61 Å². The van der Waals surface area contributed by atoms with E-state index in [-0.39, 0.29) is 0 Å². The van der Waals surface area contributed by atoms with Crippen molar-refractivity contribution in [3.05, 3.63) is 42.0 Å². The van der Waals surface area contributed by atoms with Gasteiger partial charge in [-0.25, -0.2) is 5.48 Å². The number of rotatable bonds is 5. The Labute approximate surface area is 79.2 Å². The zero-order valence-electron chi connectivity index (χ0n) is 7.86. The Kier molecular flexibility index (Phi) is 4.91. The first-order chi connectivity index (χ1) is 6.43. The van der Waals surface area contributed by atoms with Gasteiger partial charge in [-0.2, -0.15) is 0 Å². The third-order valence-electron chi connectivity index (χ3n) is 1.54. The van der Waals surface area contributed by atoms with E-state index < -0.39 is 0 Å². The summed E-state index contributed by atoms with van der Waals surface area (Å²) < 4.78 is 0. The highest BCUT2D eigenvalue weighted by atomic mass is 16.6. The molecular weight excluding hydrogens is 162 g/mol. The zero-order chi connectivity index (χ0) is 9.36. The minimum absolute atomic E-state index is 0.600. The van der Waals surface area contributed by atoms with E-state index in [2.05, 4.69) is 17.6 Å². The fourth-order valence-electron chi connectivity index (χ4n) is 0.957. The molecule has 70 valence electrons. The SMILES string of the molecule is CCNOC/C=C/c1ccccc1. The van der Waals surface area contributed by atoms with Gasteiger partial charge >= 0.3 is 0 Å². The lowest BCUT2D eigenvalue weighted by Crippen LogP contribution is -2.12. The summed E-state index contributed by atoms with van der Waals surface area (Å²) in [5.41, 5.74) is 3.98. The molecule has 1 aromatic carbocycles. The minimum Gasteiger partial charge on any atom is -0.298 e. The van der Waals surface area contributed by atoms with Crippen LogP contribution in [0.1, 0.15) is 12.5 Å². The third kappa shape index (κ3) is 4.45. The largest absolute Gasteiger partial charge is 0.298 e. The smallest absolute Gasteiger partial charge is 0.0866 e. The molecule has 0 saturated heterocycles. The molecule has 0 aliphatic carbocycles. The summed E-state index contributed by atoms with van der Waals surface area (Å²) in [6, 6.07) is 10.2. The lowest BCUT2D eigenvalue weighted by molar-refractivity contribution is 0.0667.